The van der Waals surface area contributed by atoms with Gasteiger partial charge in [0.25, 0.3) is 0 Å². The minimum atomic E-state index is -4.44. The van der Waals surface area contributed by atoms with Crippen molar-refractivity contribution in [2.75, 3.05) is 6.26 Å². The number of benzene rings is 2. The van der Waals surface area contributed by atoms with E-state index in [1.54, 1.807) is 13.0 Å². The van der Waals surface area contributed by atoms with E-state index in [0.29, 0.717) is 12.0 Å². The lowest BCUT2D eigenvalue weighted by atomic mass is 9.87. The number of carbonyl (C=O) groups excluding carboxylic acids is 1. The molecule has 0 amide bonds. The molecule has 1 atom stereocenters. The molecule has 1 aliphatic heterocycles. The Labute approximate surface area is 171 Å². The maximum Gasteiger partial charge on any atom is 0.416 e. The molecule has 0 bridgehead atoms. The van der Waals surface area contributed by atoms with Crippen molar-refractivity contribution in [3.05, 3.63) is 71.3 Å². The third kappa shape index (κ3) is 4.46. The SMILES string of the molecule is CCC1(c2ccc(C(F)(F)F)cc2)C=C(C(=O)Oc2cccc(S(C)(=O)=O)c2)C=N1. The Morgan fingerprint density at radius 2 is 1.80 bits per heavy atom. The van der Waals surface area contributed by atoms with Crippen LogP contribution in [0, 0.1) is 0 Å². The smallest absolute Gasteiger partial charge is 0.416 e. The zero-order chi connectivity index (χ0) is 22.2. The molecular formula is C21H18F3NO4S. The average Bonchev–Trinajstić information content (AvgIpc) is 3.13. The Balaban J connectivity index is 1.85. The Hall–Kier alpha value is -2.94. The van der Waals surface area contributed by atoms with Crippen LogP contribution >= 0.6 is 0 Å². The van der Waals surface area contributed by atoms with Crippen LogP contribution in [0.2, 0.25) is 0 Å². The largest absolute Gasteiger partial charge is 0.423 e. The highest BCUT2D eigenvalue weighted by Crippen LogP contribution is 2.38. The van der Waals surface area contributed by atoms with E-state index in [9.17, 15) is 26.4 Å². The van der Waals surface area contributed by atoms with Gasteiger partial charge >= 0.3 is 12.1 Å². The second-order valence-corrected chi connectivity index (χ2v) is 8.86. The minimum Gasteiger partial charge on any atom is -0.423 e. The van der Waals surface area contributed by atoms with Crippen LogP contribution in [-0.2, 0) is 26.3 Å². The number of hydrogen-bond donors (Lipinski definition) is 0. The highest BCUT2D eigenvalue weighted by atomic mass is 32.2. The number of esters is 1. The van der Waals surface area contributed by atoms with Crippen molar-refractivity contribution in [2.24, 2.45) is 4.99 Å². The fraction of sp³-hybridized carbons (Fsp3) is 0.238. The van der Waals surface area contributed by atoms with E-state index >= 15 is 0 Å². The van der Waals surface area contributed by atoms with Gasteiger partial charge in [-0.2, -0.15) is 13.2 Å². The van der Waals surface area contributed by atoms with Crippen molar-refractivity contribution >= 4 is 22.0 Å². The van der Waals surface area contributed by atoms with Crippen molar-refractivity contribution in [3.63, 3.8) is 0 Å². The first-order valence-electron chi connectivity index (χ1n) is 8.93. The summed E-state index contributed by atoms with van der Waals surface area (Å²) in [5.41, 5.74) is -1.11. The van der Waals surface area contributed by atoms with Gasteiger partial charge in [-0.3, -0.25) is 4.99 Å². The van der Waals surface area contributed by atoms with Crippen LogP contribution in [0.15, 0.2) is 70.1 Å². The second kappa shape index (κ2) is 7.71. The third-order valence-corrected chi connectivity index (χ3v) is 5.87. The minimum absolute atomic E-state index is 0.00882. The van der Waals surface area contributed by atoms with Crippen LogP contribution in [0.3, 0.4) is 0 Å². The van der Waals surface area contributed by atoms with E-state index in [-0.39, 0.29) is 16.2 Å². The van der Waals surface area contributed by atoms with Gasteiger partial charge in [0.15, 0.2) is 9.84 Å². The molecule has 1 unspecified atom stereocenters. The van der Waals surface area contributed by atoms with Crippen molar-refractivity contribution in [1.29, 1.82) is 0 Å². The van der Waals surface area contributed by atoms with Gasteiger partial charge in [-0.05, 0) is 48.4 Å². The van der Waals surface area contributed by atoms with Crippen molar-refractivity contribution in [3.8, 4) is 5.75 Å². The Morgan fingerprint density at radius 3 is 2.37 bits per heavy atom. The molecule has 30 heavy (non-hydrogen) atoms. The number of rotatable bonds is 5. The topological polar surface area (TPSA) is 72.8 Å². The molecule has 5 nitrogen and oxygen atoms in total. The van der Waals surface area contributed by atoms with Crippen LogP contribution in [0.5, 0.6) is 5.75 Å². The lowest BCUT2D eigenvalue weighted by molar-refractivity contribution is -0.137. The summed E-state index contributed by atoms with van der Waals surface area (Å²) in [7, 11) is -3.47. The van der Waals surface area contributed by atoms with E-state index in [2.05, 4.69) is 4.99 Å². The molecule has 158 valence electrons. The number of ether oxygens (including phenoxy) is 1. The molecule has 0 fully saturated rings. The predicted octanol–water partition coefficient (Wildman–Crippen LogP) is 4.33. The fourth-order valence-corrected chi connectivity index (χ4v) is 3.72. The monoisotopic (exact) mass is 437 g/mol. The van der Waals surface area contributed by atoms with E-state index < -0.39 is 33.1 Å². The van der Waals surface area contributed by atoms with E-state index in [0.717, 1.165) is 18.4 Å². The molecule has 0 aliphatic carbocycles. The highest BCUT2D eigenvalue weighted by Gasteiger charge is 2.35. The second-order valence-electron chi connectivity index (χ2n) is 6.85. The summed E-state index contributed by atoms with van der Waals surface area (Å²) in [6.45, 7) is 1.80. The number of hydrogen-bond acceptors (Lipinski definition) is 5. The molecule has 0 radical (unpaired) electrons. The van der Waals surface area contributed by atoms with E-state index in [4.69, 9.17) is 4.74 Å². The first kappa shape index (κ1) is 21.8. The van der Waals surface area contributed by atoms with Crippen LogP contribution in [0.4, 0.5) is 13.2 Å². The van der Waals surface area contributed by atoms with Gasteiger partial charge in [0, 0.05) is 12.5 Å². The van der Waals surface area contributed by atoms with Gasteiger partial charge in [0.1, 0.15) is 11.3 Å². The summed E-state index contributed by atoms with van der Waals surface area (Å²) in [6, 6.07) is 10.1. The highest BCUT2D eigenvalue weighted by molar-refractivity contribution is 7.90. The molecule has 0 spiro atoms. The molecule has 0 N–H and O–H groups in total. The quantitative estimate of drug-likeness (QED) is 0.516. The van der Waals surface area contributed by atoms with E-state index in [1.807, 2.05) is 0 Å². The van der Waals surface area contributed by atoms with Gasteiger partial charge in [-0.1, -0.05) is 25.1 Å². The van der Waals surface area contributed by atoms with Crippen molar-refractivity contribution < 1.29 is 31.1 Å². The Kier molecular flexibility index (Phi) is 5.60. The number of halogens is 3. The Morgan fingerprint density at radius 1 is 1.13 bits per heavy atom. The Bertz CT molecular complexity index is 1140. The summed E-state index contributed by atoms with van der Waals surface area (Å²) in [5.74, 6) is -0.688. The summed E-state index contributed by atoms with van der Waals surface area (Å²) < 4.78 is 67.0. The van der Waals surface area contributed by atoms with Gasteiger partial charge in [-0.25, -0.2) is 13.2 Å². The summed E-state index contributed by atoms with van der Waals surface area (Å²) in [5, 5.41) is 0. The molecule has 2 aromatic rings. The first-order valence-corrected chi connectivity index (χ1v) is 10.8. The van der Waals surface area contributed by atoms with E-state index in [1.165, 1.54) is 42.6 Å². The molecule has 0 aromatic heterocycles. The maximum atomic E-state index is 12.8. The predicted molar refractivity (Wildman–Crippen MR) is 105 cm³/mol. The third-order valence-electron chi connectivity index (χ3n) is 4.76. The maximum absolute atomic E-state index is 12.8. The lowest BCUT2D eigenvalue weighted by Crippen LogP contribution is -2.19. The zero-order valence-corrected chi connectivity index (χ0v) is 16.9. The van der Waals surface area contributed by atoms with Crippen LogP contribution < -0.4 is 4.74 Å². The summed E-state index contributed by atoms with van der Waals surface area (Å²) >= 11 is 0. The molecule has 0 saturated carbocycles. The lowest BCUT2D eigenvalue weighted by Gasteiger charge is -2.23. The molecule has 0 saturated heterocycles. The average molecular weight is 437 g/mol. The van der Waals surface area contributed by atoms with Crippen LogP contribution in [-0.4, -0.2) is 26.9 Å². The molecule has 1 aliphatic rings. The fourth-order valence-electron chi connectivity index (χ4n) is 3.07. The van der Waals surface area contributed by atoms with Crippen molar-refractivity contribution in [2.45, 2.75) is 30.0 Å². The number of aliphatic imine (C=N–C) groups is 1. The van der Waals surface area contributed by atoms with Crippen molar-refractivity contribution in [1.82, 2.24) is 0 Å². The number of carbonyl (C=O) groups is 1. The standard InChI is InChI=1S/C21H18F3NO4S/c1-3-20(15-7-9-16(10-8-15)21(22,23)24)12-14(13-25-20)19(26)29-17-5-4-6-18(11-17)30(2,27)28/h4-13H,3H2,1-2H3. The summed E-state index contributed by atoms with van der Waals surface area (Å²) in [4.78, 5) is 16.9. The molecule has 1 heterocycles. The number of nitrogens with zero attached hydrogens (tertiary/aromatic N) is 1. The van der Waals surface area contributed by atoms with Crippen LogP contribution in [0.1, 0.15) is 24.5 Å². The van der Waals surface area contributed by atoms with Gasteiger partial charge in [-0.15, -0.1) is 0 Å². The normalized spacial score (nSPS) is 18.9. The first-order chi connectivity index (χ1) is 13.9. The van der Waals surface area contributed by atoms with Crippen LogP contribution in [0.25, 0.3) is 0 Å². The molecule has 9 heteroatoms. The zero-order valence-electron chi connectivity index (χ0n) is 16.1. The van der Waals surface area contributed by atoms with Gasteiger partial charge in [0.2, 0.25) is 0 Å². The number of sulfone groups is 1. The molecular weight excluding hydrogens is 419 g/mol. The molecule has 3 rings (SSSR count). The van der Waals surface area contributed by atoms with Gasteiger partial charge in [0.05, 0.1) is 16.0 Å². The summed E-state index contributed by atoms with van der Waals surface area (Å²) in [6.07, 6.45) is -0.139. The number of alkyl halides is 3. The van der Waals surface area contributed by atoms with Gasteiger partial charge < -0.3 is 4.74 Å². The molecule has 2 aromatic carbocycles.